The molecule has 0 saturated carbocycles. The van der Waals surface area contributed by atoms with E-state index in [1.165, 1.54) is 23.1 Å². The van der Waals surface area contributed by atoms with Crippen LogP contribution in [0, 0.1) is 0 Å². The maximum absolute atomic E-state index is 12.3. The van der Waals surface area contributed by atoms with Crippen LogP contribution < -0.4 is 10.6 Å². The largest absolute Gasteiger partial charge is 0.363 e. The van der Waals surface area contributed by atoms with Crippen LogP contribution >= 0.6 is 23.1 Å². The summed E-state index contributed by atoms with van der Waals surface area (Å²) >= 11 is 2.76. The molecule has 1 heterocycles. The van der Waals surface area contributed by atoms with Crippen molar-refractivity contribution in [2.24, 2.45) is 0 Å². The molecular formula is C18H16N4O2S2. The monoisotopic (exact) mass is 384 g/mol. The molecule has 0 radical (unpaired) electrons. The molecule has 26 heavy (non-hydrogen) atoms. The van der Waals surface area contributed by atoms with E-state index in [1.807, 2.05) is 18.2 Å². The van der Waals surface area contributed by atoms with Gasteiger partial charge in [0.05, 0.1) is 5.75 Å². The van der Waals surface area contributed by atoms with E-state index in [0.717, 1.165) is 9.47 Å². The van der Waals surface area contributed by atoms with E-state index in [0.29, 0.717) is 16.8 Å². The number of nitrogens with zero attached hydrogens (tertiary/aromatic N) is 2. The fourth-order valence-corrected chi connectivity index (χ4v) is 3.71. The zero-order valence-corrected chi connectivity index (χ0v) is 15.6. The van der Waals surface area contributed by atoms with Crippen molar-refractivity contribution in [3.05, 3.63) is 65.7 Å². The molecule has 0 aliphatic heterocycles. The molecule has 0 bridgehead atoms. The minimum atomic E-state index is -0.183. The highest BCUT2D eigenvalue weighted by Crippen LogP contribution is 2.25. The molecule has 0 aliphatic carbocycles. The molecule has 0 spiro atoms. The third-order valence-electron chi connectivity index (χ3n) is 3.45. The van der Waals surface area contributed by atoms with Gasteiger partial charge in [-0.15, -0.1) is 10.2 Å². The van der Waals surface area contributed by atoms with Gasteiger partial charge in [-0.25, -0.2) is 0 Å². The Bertz CT molecular complexity index is 895. The summed E-state index contributed by atoms with van der Waals surface area (Å²) in [5.74, 6) is 0.0997. The highest BCUT2D eigenvalue weighted by Gasteiger charge is 2.11. The fourth-order valence-electron chi connectivity index (χ4n) is 2.11. The first-order valence-electron chi connectivity index (χ1n) is 7.79. The molecule has 3 aromatic rings. The predicted molar refractivity (Wildman–Crippen MR) is 105 cm³/mol. The zero-order chi connectivity index (χ0) is 18.4. The Labute approximate surface area is 159 Å². The molecule has 132 valence electrons. The van der Waals surface area contributed by atoms with Crippen LogP contribution in [-0.2, 0) is 0 Å². The smallest absolute Gasteiger partial charge is 0.255 e. The van der Waals surface area contributed by atoms with Crippen LogP contribution in [0.1, 0.15) is 20.7 Å². The van der Waals surface area contributed by atoms with Crippen molar-refractivity contribution in [1.82, 2.24) is 10.2 Å². The second-order valence-corrected chi connectivity index (χ2v) is 7.43. The van der Waals surface area contributed by atoms with E-state index < -0.39 is 0 Å². The Balaban J connectivity index is 1.56. The molecule has 0 aliphatic rings. The first-order chi connectivity index (χ1) is 12.7. The molecule has 3 rings (SSSR count). The topological polar surface area (TPSA) is 84.0 Å². The van der Waals surface area contributed by atoms with Gasteiger partial charge >= 0.3 is 0 Å². The summed E-state index contributed by atoms with van der Waals surface area (Å²) in [6.07, 6.45) is 0. The minimum Gasteiger partial charge on any atom is -0.363 e. The van der Waals surface area contributed by atoms with Gasteiger partial charge in [0.25, 0.3) is 5.91 Å². The zero-order valence-electron chi connectivity index (χ0n) is 13.9. The summed E-state index contributed by atoms with van der Waals surface area (Å²) in [6, 6.07) is 15.8. The number of carbonyl (C=O) groups is 2. The third kappa shape index (κ3) is 4.68. The van der Waals surface area contributed by atoms with E-state index >= 15 is 0 Å². The molecule has 1 aromatic heterocycles. The average molecular weight is 384 g/mol. The molecular weight excluding hydrogens is 368 g/mol. The number of carbonyl (C=O) groups excluding carboxylic acids is 2. The lowest BCUT2D eigenvalue weighted by Gasteiger charge is -2.06. The molecule has 0 atom stereocenters. The maximum atomic E-state index is 12.3. The van der Waals surface area contributed by atoms with Crippen molar-refractivity contribution in [3.8, 4) is 0 Å². The summed E-state index contributed by atoms with van der Waals surface area (Å²) in [5, 5.41) is 14.4. The van der Waals surface area contributed by atoms with E-state index in [4.69, 9.17) is 0 Å². The van der Waals surface area contributed by atoms with E-state index in [1.54, 1.807) is 43.4 Å². The average Bonchev–Trinajstić information content (AvgIpc) is 3.15. The number of rotatable bonds is 7. The molecule has 8 heteroatoms. The summed E-state index contributed by atoms with van der Waals surface area (Å²) in [7, 11) is 1.78. The Hall–Kier alpha value is -2.71. The van der Waals surface area contributed by atoms with Gasteiger partial charge in [0.15, 0.2) is 10.1 Å². The first-order valence-corrected chi connectivity index (χ1v) is 9.59. The van der Waals surface area contributed by atoms with Crippen molar-refractivity contribution in [2.45, 2.75) is 4.34 Å². The van der Waals surface area contributed by atoms with Gasteiger partial charge in [0.1, 0.15) is 0 Å². The normalized spacial score (nSPS) is 10.3. The van der Waals surface area contributed by atoms with E-state index in [2.05, 4.69) is 20.8 Å². The van der Waals surface area contributed by atoms with Crippen molar-refractivity contribution in [3.63, 3.8) is 0 Å². The molecule has 0 unspecified atom stereocenters. The summed E-state index contributed by atoms with van der Waals surface area (Å²) in [5.41, 5.74) is 1.82. The molecule has 1 amide bonds. The van der Waals surface area contributed by atoms with Crippen molar-refractivity contribution in [2.75, 3.05) is 23.4 Å². The lowest BCUT2D eigenvalue weighted by Crippen LogP contribution is -2.11. The lowest BCUT2D eigenvalue weighted by atomic mass is 10.1. The van der Waals surface area contributed by atoms with Crippen LogP contribution in [0.15, 0.2) is 58.9 Å². The van der Waals surface area contributed by atoms with Gasteiger partial charge < -0.3 is 10.6 Å². The van der Waals surface area contributed by atoms with Gasteiger partial charge in [0, 0.05) is 23.9 Å². The summed E-state index contributed by atoms with van der Waals surface area (Å²) in [6.45, 7) is 0. The third-order valence-corrected chi connectivity index (χ3v) is 5.52. The van der Waals surface area contributed by atoms with Crippen molar-refractivity contribution < 1.29 is 9.59 Å². The summed E-state index contributed by atoms with van der Waals surface area (Å²) < 4.78 is 0.745. The highest BCUT2D eigenvalue weighted by atomic mass is 32.2. The highest BCUT2D eigenvalue weighted by molar-refractivity contribution is 8.01. The first kappa shape index (κ1) is 18.1. The number of benzene rings is 2. The quantitative estimate of drug-likeness (QED) is 0.476. The number of anilines is 2. The molecule has 2 aromatic carbocycles. The predicted octanol–water partition coefficient (Wildman–Crippen LogP) is 3.81. The van der Waals surface area contributed by atoms with Crippen molar-refractivity contribution in [1.29, 1.82) is 0 Å². The minimum absolute atomic E-state index is 0.00264. The van der Waals surface area contributed by atoms with E-state index in [9.17, 15) is 9.59 Å². The van der Waals surface area contributed by atoms with Gasteiger partial charge in [-0.05, 0) is 36.4 Å². The number of hydrogen-bond acceptors (Lipinski definition) is 7. The maximum Gasteiger partial charge on any atom is 0.255 e. The Kier molecular flexibility index (Phi) is 5.98. The van der Waals surface area contributed by atoms with Gasteiger partial charge in [-0.1, -0.05) is 41.3 Å². The van der Waals surface area contributed by atoms with Crippen LogP contribution in [0.4, 0.5) is 10.8 Å². The molecule has 0 saturated heterocycles. The SMILES string of the molecule is CNc1nnc(SCC(=O)c2ccc(NC(=O)c3ccccc3)cc2)s1. The molecule has 6 nitrogen and oxygen atoms in total. The van der Waals surface area contributed by atoms with Crippen LogP contribution in [-0.4, -0.2) is 34.7 Å². The Morgan fingerprint density at radius 1 is 1.00 bits per heavy atom. The van der Waals surface area contributed by atoms with Gasteiger partial charge in [0.2, 0.25) is 5.13 Å². The number of aromatic nitrogens is 2. The van der Waals surface area contributed by atoms with Gasteiger partial charge in [-0.3, -0.25) is 9.59 Å². The number of nitrogens with one attached hydrogen (secondary N) is 2. The number of thioether (sulfide) groups is 1. The number of hydrogen-bond donors (Lipinski definition) is 2. The number of Topliss-reactive ketones (excluding diaryl/α,β-unsaturated/α-hetero) is 1. The lowest BCUT2D eigenvalue weighted by molar-refractivity contribution is 0.101. The van der Waals surface area contributed by atoms with Crippen molar-refractivity contribution >= 4 is 45.6 Å². The Morgan fingerprint density at radius 2 is 1.73 bits per heavy atom. The standard InChI is InChI=1S/C18H16N4O2S2/c1-19-17-21-22-18(26-17)25-11-15(23)12-7-9-14(10-8-12)20-16(24)13-5-3-2-4-6-13/h2-10H,11H2,1H3,(H,19,21)(H,20,24). The molecule has 0 fully saturated rings. The molecule has 2 N–H and O–H groups in total. The number of amides is 1. The van der Waals surface area contributed by atoms with Crippen LogP contribution in [0.3, 0.4) is 0 Å². The van der Waals surface area contributed by atoms with Crippen LogP contribution in [0.2, 0.25) is 0 Å². The van der Waals surface area contributed by atoms with Crippen LogP contribution in [0.5, 0.6) is 0 Å². The second-order valence-electron chi connectivity index (χ2n) is 5.23. The van der Waals surface area contributed by atoms with Gasteiger partial charge in [-0.2, -0.15) is 0 Å². The Morgan fingerprint density at radius 3 is 2.38 bits per heavy atom. The van der Waals surface area contributed by atoms with E-state index in [-0.39, 0.29) is 17.4 Å². The van der Waals surface area contributed by atoms with Crippen LogP contribution in [0.25, 0.3) is 0 Å². The second kappa shape index (κ2) is 8.59. The summed E-state index contributed by atoms with van der Waals surface area (Å²) in [4.78, 5) is 24.4. The fraction of sp³-hybridized carbons (Fsp3) is 0.111. The number of ketones is 1.